The van der Waals surface area contributed by atoms with Gasteiger partial charge in [-0.05, 0) is 73.0 Å². The second-order valence-electron chi connectivity index (χ2n) is 8.19. The minimum atomic E-state index is -0.979. The molecule has 1 saturated heterocycles. The lowest BCUT2D eigenvalue weighted by Crippen LogP contribution is -2.29. The molecule has 34 heavy (non-hydrogen) atoms. The molecule has 8 heteroatoms. The molecule has 5 rings (SSSR count). The number of carbonyl (C=O) groups is 2. The molecule has 170 valence electrons. The summed E-state index contributed by atoms with van der Waals surface area (Å²) in [6, 6.07) is 14.1. The zero-order valence-electron chi connectivity index (χ0n) is 18.2. The van der Waals surface area contributed by atoms with Crippen LogP contribution in [0, 0.1) is 19.7 Å². The Morgan fingerprint density at radius 3 is 2.38 bits per heavy atom. The minimum absolute atomic E-state index is 0.0188. The molecule has 1 unspecified atom stereocenters. The fourth-order valence-corrected chi connectivity index (χ4v) is 5.40. The topological polar surface area (TPSA) is 90.7 Å². The SMILES string of the molecule is Cc1cc(C)c2nc(N3C(=O)C(=O)/C(=C(/O)c4ccc(F)cc4)C3c3ccc(O)cc3)sc2c1. The van der Waals surface area contributed by atoms with E-state index in [1.807, 2.05) is 26.0 Å². The Kier molecular flexibility index (Phi) is 5.17. The maximum atomic E-state index is 13.4. The molecule has 0 aliphatic carbocycles. The molecule has 2 heterocycles. The second kappa shape index (κ2) is 8.07. The molecule has 1 aliphatic rings. The number of ketones is 1. The van der Waals surface area contributed by atoms with Crippen molar-refractivity contribution in [1.29, 1.82) is 0 Å². The molecule has 0 spiro atoms. The van der Waals surface area contributed by atoms with Gasteiger partial charge in [-0.1, -0.05) is 29.5 Å². The number of anilines is 1. The fourth-order valence-electron chi connectivity index (χ4n) is 4.23. The van der Waals surface area contributed by atoms with Crippen LogP contribution >= 0.6 is 11.3 Å². The van der Waals surface area contributed by atoms with E-state index in [0.29, 0.717) is 10.7 Å². The zero-order chi connectivity index (χ0) is 24.1. The van der Waals surface area contributed by atoms with Crippen LogP contribution in [0.3, 0.4) is 0 Å². The quantitative estimate of drug-likeness (QED) is 0.236. The number of aromatic hydroxyl groups is 1. The average molecular weight is 475 g/mol. The molecule has 0 saturated carbocycles. The van der Waals surface area contributed by atoms with Gasteiger partial charge in [0.15, 0.2) is 5.13 Å². The predicted molar refractivity (Wildman–Crippen MR) is 128 cm³/mol. The summed E-state index contributed by atoms with van der Waals surface area (Å²) in [6.07, 6.45) is 0. The lowest BCUT2D eigenvalue weighted by Gasteiger charge is -2.23. The van der Waals surface area contributed by atoms with Crippen molar-refractivity contribution in [3.05, 3.63) is 94.3 Å². The molecular weight excluding hydrogens is 455 g/mol. The third-order valence-corrected chi connectivity index (χ3v) is 6.80. The first-order valence-electron chi connectivity index (χ1n) is 10.5. The second-order valence-corrected chi connectivity index (χ2v) is 9.20. The van der Waals surface area contributed by atoms with Crippen molar-refractivity contribution in [2.75, 3.05) is 4.90 Å². The lowest BCUT2D eigenvalue weighted by atomic mass is 9.95. The Balaban J connectivity index is 1.74. The van der Waals surface area contributed by atoms with E-state index in [4.69, 9.17) is 0 Å². The Bertz CT molecular complexity index is 1490. The molecule has 1 atom stereocenters. The van der Waals surface area contributed by atoms with Gasteiger partial charge in [0, 0.05) is 5.56 Å². The van der Waals surface area contributed by atoms with Crippen molar-refractivity contribution in [3.63, 3.8) is 0 Å². The maximum absolute atomic E-state index is 13.4. The number of aliphatic hydroxyl groups is 1. The molecule has 3 aromatic carbocycles. The van der Waals surface area contributed by atoms with Crippen LogP contribution in [0.5, 0.6) is 5.75 Å². The highest BCUT2D eigenvalue weighted by molar-refractivity contribution is 7.22. The summed E-state index contributed by atoms with van der Waals surface area (Å²) >= 11 is 1.28. The first-order valence-corrected chi connectivity index (χ1v) is 11.3. The fraction of sp³-hybridized carbons (Fsp3) is 0.115. The highest BCUT2D eigenvalue weighted by atomic mass is 32.1. The molecule has 1 aliphatic heterocycles. The summed E-state index contributed by atoms with van der Waals surface area (Å²) in [6.45, 7) is 3.90. The highest BCUT2D eigenvalue weighted by Gasteiger charge is 2.48. The molecule has 1 aromatic heterocycles. The van der Waals surface area contributed by atoms with Crippen LogP contribution in [-0.2, 0) is 9.59 Å². The zero-order valence-corrected chi connectivity index (χ0v) is 19.1. The van der Waals surface area contributed by atoms with E-state index in [1.165, 1.54) is 52.6 Å². The molecular formula is C26H19FN2O4S. The summed E-state index contributed by atoms with van der Waals surface area (Å²) in [5.41, 5.74) is 3.31. The number of carbonyl (C=O) groups excluding carboxylic acids is 2. The number of aromatic nitrogens is 1. The smallest absolute Gasteiger partial charge is 0.301 e. The number of amides is 1. The largest absolute Gasteiger partial charge is 0.508 e. The Morgan fingerprint density at radius 2 is 1.71 bits per heavy atom. The van der Waals surface area contributed by atoms with Crippen LogP contribution in [0.2, 0.25) is 0 Å². The van der Waals surface area contributed by atoms with Crippen LogP contribution in [0.25, 0.3) is 16.0 Å². The first-order chi connectivity index (χ1) is 16.2. The molecule has 0 radical (unpaired) electrons. The van der Waals surface area contributed by atoms with Crippen LogP contribution in [0.1, 0.15) is 28.3 Å². The van der Waals surface area contributed by atoms with Gasteiger partial charge >= 0.3 is 5.91 Å². The van der Waals surface area contributed by atoms with Gasteiger partial charge in [-0.3, -0.25) is 14.5 Å². The number of rotatable bonds is 3. The van der Waals surface area contributed by atoms with Gasteiger partial charge in [0.25, 0.3) is 5.78 Å². The van der Waals surface area contributed by atoms with Gasteiger partial charge in [-0.25, -0.2) is 9.37 Å². The molecule has 6 nitrogen and oxygen atoms in total. The van der Waals surface area contributed by atoms with Gasteiger partial charge in [-0.2, -0.15) is 0 Å². The number of aryl methyl sites for hydroxylation is 2. The number of nitrogens with zero attached hydrogens (tertiary/aromatic N) is 2. The number of hydrogen-bond acceptors (Lipinski definition) is 6. The van der Waals surface area contributed by atoms with Crippen LogP contribution in [0.4, 0.5) is 9.52 Å². The van der Waals surface area contributed by atoms with Crippen LogP contribution in [-0.4, -0.2) is 26.9 Å². The van der Waals surface area contributed by atoms with Crippen LogP contribution in [0.15, 0.2) is 66.2 Å². The number of hydrogen-bond donors (Lipinski definition) is 2. The predicted octanol–water partition coefficient (Wildman–Crippen LogP) is 5.38. The molecule has 4 aromatic rings. The van der Waals surface area contributed by atoms with Gasteiger partial charge in [-0.15, -0.1) is 0 Å². The van der Waals surface area contributed by atoms with E-state index in [-0.39, 0.29) is 16.9 Å². The molecule has 1 amide bonds. The van der Waals surface area contributed by atoms with E-state index < -0.39 is 29.3 Å². The van der Waals surface area contributed by atoms with Crippen molar-refractivity contribution >= 4 is 44.1 Å². The monoisotopic (exact) mass is 474 g/mol. The Labute approximate surface area is 198 Å². The minimum Gasteiger partial charge on any atom is -0.508 e. The van der Waals surface area contributed by atoms with Crippen LogP contribution < -0.4 is 4.90 Å². The summed E-state index contributed by atoms with van der Waals surface area (Å²) < 4.78 is 14.3. The number of halogens is 1. The summed E-state index contributed by atoms with van der Waals surface area (Å²) in [5, 5.41) is 21.1. The molecule has 2 N–H and O–H groups in total. The lowest BCUT2D eigenvalue weighted by molar-refractivity contribution is -0.132. The third kappa shape index (κ3) is 3.52. The first kappa shape index (κ1) is 21.8. The number of phenols is 1. The number of benzene rings is 3. The van der Waals surface area contributed by atoms with E-state index in [0.717, 1.165) is 21.3 Å². The van der Waals surface area contributed by atoms with E-state index in [9.17, 15) is 24.2 Å². The third-order valence-electron chi connectivity index (χ3n) is 5.80. The van der Waals surface area contributed by atoms with Crippen molar-refractivity contribution in [3.8, 4) is 5.75 Å². The van der Waals surface area contributed by atoms with Gasteiger partial charge in [0.1, 0.15) is 17.3 Å². The average Bonchev–Trinajstić information content (AvgIpc) is 3.33. The highest BCUT2D eigenvalue weighted by Crippen LogP contribution is 2.44. The van der Waals surface area contributed by atoms with E-state index in [2.05, 4.69) is 4.98 Å². The Hall–Kier alpha value is -4.04. The van der Waals surface area contributed by atoms with Crippen molar-refractivity contribution in [1.82, 2.24) is 4.98 Å². The Morgan fingerprint density at radius 1 is 1.03 bits per heavy atom. The van der Waals surface area contributed by atoms with Gasteiger partial charge in [0.2, 0.25) is 0 Å². The number of phenolic OH excluding ortho intramolecular Hbond substituents is 1. The number of Topliss-reactive ketones (excluding diaryl/α,β-unsaturated/α-hetero) is 1. The summed E-state index contributed by atoms with van der Waals surface area (Å²) in [4.78, 5) is 32.4. The molecule has 1 fully saturated rings. The van der Waals surface area contributed by atoms with Crippen molar-refractivity contribution < 1.29 is 24.2 Å². The maximum Gasteiger partial charge on any atom is 0.301 e. The van der Waals surface area contributed by atoms with Crippen molar-refractivity contribution in [2.24, 2.45) is 0 Å². The number of thiazole rings is 1. The summed E-state index contributed by atoms with van der Waals surface area (Å²) in [5.74, 6) is -2.58. The van der Waals surface area contributed by atoms with Gasteiger partial charge in [0.05, 0.1) is 21.8 Å². The van der Waals surface area contributed by atoms with E-state index >= 15 is 0 Å². The standard InChI is InChI=1S/C26H19FN2O4S/c1-13-11-14(2)21-19(12-13)34-26(28-21)29-22(15-5-9-18(30)10-6-15)20(24(32)25(29)33)23(31)16-3-7-17(27)8-4-16/h3-12,22,30-31H,1-2H3/b23-20+. The number of aliphatic hydroxyl groups excluding tert-OH is 1. The van der Waals surface area contributed by atoms with Gasteiger partial charge < -0.3 is 10.2 Å². The van der Waals surface area contributed by atoms with E-state index in [1.54, 1.807) is 12.1 Å². The normalized spacial score (nSPS) is 17.6. The van der Waals surface area contributed by atoms with Crippen molar-refractivity contribution in [2.45, 2.75) is 19.9 Å². The molecule has 0 bridgehead atoms. The summed E-state index contributed by atoms with van der Waals surface area (Å²) in [7, 11) is 0. The number of fused-ring (bicyclic) bond motifs is 1.